The van der Waals surface area contributed by atoms with E-state index in [2.05, 4.69) is 10.1 Å². The standard InChI is InChI=1S/C18H18ClN3O2S2/c1-3-14(26-13-8-6-12(19)7-9-13)18(23)22(2)11-16-20-17(21-24-16)15-5-4-10-25-15/h4-10,14H,3,11H2,1-2H3/t14-/m1/s1. The van der Waals surface area contributed by atoms with Crippen molar-refractivity contribution in [2.45, 2.75) is 30.0 Å². The summed E-state index contributed by atoms with van der Waals surface area (Å²) in [5.41, 5.74) is 0. The number of thiophene rings is 1. The fourth-order valence-electron chi connectivity index (χ4n) is 2.34. The monoisotopic (exact) mass is 407 g/mol. The van der Waals surface area contributed by atoms with Gasteiger partial charge in [-0.05, 0) is 42.1 Å². The molecule has 0 fully saturated rings. The van der Waals surface area contributed by atoms with Gasteiger partial charge in [0.05, 0.1) is 16.7 Å². The quantitative estimate of drug-likeness (QED) is 0.517. The molecule has 0 aliphatic rings. The van der Waals surface area contributed by atoms with E-state index in [4.69, 9.17) is 16.1 Å². The minimum absolute atomic E-state index is 0.0309. The molecule has 0 unspecified atom stereocenters. The van der Waals surface area contributed by atoms with Crippen LogP contribution >= 0.6 is 34.7 Å². The molecule has 3 aromatic rings. The van der Waals surface area contributed by atoms with Crippen molar-refractivity contribution in [3.05, 3.63) is 52.7 Å². The molecule has 2 heterocycles. The van der Waals surface area contributed by atoms with Gasteiger partial charge < -0.3 is 9.42 Å². The van der Waals surface area contributed by atoms with Gasteiger partial charge in [0, 0.05) is 17.0 Å². The number of thioether (sulfide) groups is 1. The van der Waals surface area contributed by atoms with Crippen molar-refractivity contribution in [3.63, 3.8) is 0 Å². The van der Waals surface area contributed by atoms with Crippen LogP contribution in [0, 0.1) is 0 Å². The molecule has 5 nitrogen and oxygen atoms in total. The molecule has 0 saturated heterocycles. The molecule has 26 heavy (non-hydrogen) atoms. The number of hydrogen-bond acceptors (Lipinski definition) is 6. The van der Waals surface area contributed by atoms with E-state index in [-0.39, 0.29) is 17.7 Å². The first kappa shape index (κ1) is 18.9. The Bertz CT molecular complexity index is 850. The molecule has 0 radical (unpaired) electrons. The van der Waals surface area contributed by atoms with Gasteiger partial charge in [0.15, 0.2) is 0 Å². The largest absolute Gasteiger partial charge is 0.337 e. The van der Waals surface area contributed by atoms with Crippen LogP contribution in [0.5, 0.6) is 0 Å². The smallest absolute Gasteiger partial charge is 0.246 e. The number of amides is 1. The normalized spacial score (nSPS) is 12.1. The van der Waals surface area contributed by atoms with Crippen molar-refractivity contribution in [1.29, 1.82) is 0 Å². The highest BCUT2D eigenvalue weighted by Crippen LogP contribution is 2.28. The van der Waals surface area contributed by atoms with Crippen molar-refractivity contribution in [2.24, 2.45) is 0 Å². The van der Waals surface area contributed by atoms with Crippen molar-refractivity contribution in [1.82, 2.24) is 15.0 Å². The van der Waals surface area contributed by atoms with Crippen LogP contribution < -0.4 is 0 Å². The van der Waals surface area contributed by atoms with Crippen LogP contribution in [0.25, 0.3) is 10.7 Å². The zero-order valence-electron chi connectivity index (χ0n) is 14.4. The maximum Gasteiger partial charge on any atom is 0.246 e. The minimum atomic E-state index is -0.180. The van der Waals surface area contributed by atoms with Gasteiger partial charge in [-0.15, -0.1) is 23.1 Å². The van der Waals surface area contributed by atoms with E-state index in [1.807, 2.05) is 48.7 Å². The number of carbonyl (C=O) groups is 1. The van der Waals surface area contributed by atoms with Gasteiger partial charge in [0.2, 0.25) is 17.6 Å². The van der Waals surface area contributed by atoms with E-state index in [1.165, 1.54) is 11.8 Å². The molecule has 1 atom stereocenters. The first-order chi connectivity index (χ1) is 12.6. The van der Waals surface area contributed by atoms with Gasteiger partial charge in [-0.2, -0.15) is 4.98 Å². The Morgan fingerprint density at radius 1 is 1.35 bits per heavy atom. The number of rotatable bonds is 7. The third-order valence-electron chi connectivity index (χ3n) is 3.70. The number of halogens is 1. The zero-order valence-corrected chi connectivity index (χ0v) is 16.8. The summed E-state index contributed by atoms with van der Waals surface area (Å²) in [6, 6.07) is 11.4. The van der Waals surface area contributed by atoms with E-state index in [1.54, 1.807) is 23.3 Å². The van der Waals surface area contributed by atoms with Gasteiger partial charge in [-0.3, -0.25) is 4.79 Å². The maximum absolute atomic E-state index is 12.8. The molecule has 0 N–H and O–H groups in total. The molecule has 2 aromatic heterocycles. The summed E-state index contributed by atoms with van der Waals surface area (Å²) in [6.45, 7) is 2.29. The SMILES string of the molecule is CC[C@@H](Sc1ccc(Cl)cc1)C(=O)N(C)Cc1nc(-c2cccs2)no1. The van der Waals surface area contributed by atoms with E-state index in [0.29, 0.717) is 16.7 Å². The third kappa shape index (κ3) is 4.66. The van der Waals surface area contributed by atoms with Crippen LogP contribution in [0.2, 0.25) is 5.02 Å². The topological polar surface area (TPSA) is 59.2 Å². The van der Waals surface area contributed by atoms with Crippen LogP contribution in [0.15, 0.2) is 51.2 Å². The summed E-state index contributed by atoms with van der Waals surface area (Å²) in [5.74, 6) is 1.01. The molecule has 0 bridgehead atoms. The molecular formula is C18H18ClN3O2S2. The summed E-state index contributed by atoms with van der Waals surface area (Å²) < 4.78 is 5.28. The van der Waals surface area contributed by atoms with Crippen LogP contribution in [-0.4, -0.2) is 33.2 Å². The zero-order chi connectivity index (χ0) is 18.5. The fourth-order valence-corrected chi connectivity index (χ4v) is 4.18. The highest BCUT2D eigenvalue weighted by Gasteiger charge is 2.23. The van der Waals surface area contributed by atoms with Crippen molar-refractivity contribution >= 4 is 40.6 Å². The maximum atomic E-state index is 12.8. The summed E-state index contributed by atoms with van der Waals surface area (Å²) in [4.78, 5) is 20.7. The lowest BCUT2D eigenvalue weighted by atomic mass is 10.3. The molecule has 8 heteroatoms. The van der Waals surface area contributed by atoms with Gasteiger partial charge in [0.25, 0.3) is 0 Å². The van der Waals surface area contributed by atoms with Crippen LogP contribution in [0.4, 0.5) is 0 Å². The Balaban J connectivity index is 1.63. The molecule has 1 amide bonds. The second-order valence-electron chi connectivity index (χ2n) is 5.65. The molecule has 0 saturated carbocycles. The van der Waals surface area contributed by atoms with Crippen molar-refractivity contribution in [3.8, 4) is 10.7 Å². The second kappa shape index (κ2) is 8.70. The summed E-state index contributed by atoms with van der Waals surface area (Å²) in [5, 5.41) is 6.44. The Kier molecular flexibility index (Phi) is 6.34. The number of nitrogens with zero attached hydrogens (tertiary/aromatic N) is 3. The van der Waals surface area contributed by atoms with E-state index in [0.717, 1.165) is 16.2 Å². The third-order valence-corrected chi connectivity index (χ3v) is 6.18. The molecule has 0 aliphatic heterocycles. The Labute approximate surface area is 165 Å². The molecule has 136 valence electrons. The highest BCUT2D eigenvalue weighted by atomic mass is 35.5. The van der Waals surface area contributed by atoms with Gasteiger partial charge in [-0.1, -0.05) is 29.7 Å². The first-order valence-corrected chi connectivity index (χ1v) is 10.2. The van der Waals surface area contributed by atoms with E-state index < -0.39 is 0 Å². The van der Waals surface area contributed by atoms with Crippen molar-refractivity contribution < 1.29 is 9.32 Å². The fraction of sp³-hybridized carbons (Fsp3) is 0.278. The van der Waals surface area contributed by atoms with Crippen LogP contribution in [-0.2, 0) is 11.3 Å². The summed E-state index contributed by atoms with van der Waals surface area (Å²) in [6.07, 6.45) is 0.723. The van der Waals surface area contributed by atoms with Gasteiger partial charge in [0.1, 0.15) is 0 Å². The molecule has 1 aromatic carbocycles. The molecular weight excluding hydrogens is 390 g/mol. The van der Waals surface area contributed by atoms with Crippen LogP contribution in [0.3, 0.4) is 0 Å². The van der Waals surface area contributed by atoms with Crippen molar-refractivity contribution in [2.75, 3.05) is 7.05 Å². The minimum Gasteiger partial charge on any atom is -0.337 e. The Hall–Kier alpha value is -1.83. The predicted octanol–water partition coefficient (Wildman–Crippen LogP) is 4.98. The number of aromatic nitrogens is 2. The average Bonchev–Trinajstić information content (AvgIpc) is 3.32. The van der Waals surface area contributed by atoms with E-state index in [9.17, 15) is 4.79 Å². The van der Waals surface area contributed by atoms with Gasteiger partial charge in [-0.25, -0.2) is 0 Å². The van der Waals surface area contributed by atoms with E-state index >= 15 is 0 Å². The summed E-state index contributed by atoms with van der Waals surface area (Å²) >= 11 is 9.00. The average molecular weight is 408 g/mol. The highest BCUT2D eigenvalue weighted by molar-refractivity contribution is 8.00. The lowest BCUT2D eigenvalue weighted by Gasteiger charge is -2.21. The number of carbonyl (C=O) groups excluding carboxylic acids is 1. The number of hydrogen-bond donors (Lipinski definition) is 0. The molecule has 0 aliphatic carbocycles. The predicted molar refractivity (Wildman–Crippen MR) is 105 cm³/mol. The Morgan fingerprint density at radius 2 is 2.12 bits per heavy atom. The summed E-state index contributed by atoms with van der Waals surface area (Å²) in [7, 11) is 1.75. The Morgan fingerprint density at radius 3 is 2.77 bits per heavy atom. The number of benzene rings is 1. The first-order valence-electron chi connectivity index (χ1n) is 8.10. The second-order valence-corrected chi connectivity index (χ2v) is 8.31. The van der Waals surface area contributed by atoms with Crippen LogP contribution in [0.1, 0.15) is 19.2 Å². The van der Waals surface area contributed by atoms with Gasteiger partial charge >= 0.3 is 0 Å². The molecule has 3 rings (SSSR count). The lowest BCUT2D eigenvalue weighted by molar-refractivity contribution is -0.130. The molecule has 0 spiro atoms. The lowest BCUT2D eigenvalue weighted by Crippen LogP contribution is -2.34.